The summed E-state index contributed by atoms with van der Waals surface area (Å²) in [5.41, 5.74) is 0.368. The second kappa shape index (κ2) is 4.00. The van der Waals surface area contributed by atoms with E-state index in [1.807, 2.05) is 0 Å². The lowest BCUT2D eigenvalue weighted by Crippen LogP contribution is -2.34. The molecule has 1 nitrogen and oxygen atoms in total. The van der Waals surface area contributed by atoms with E-state index in [0.717, 1.165) is 12.3 Å². The first-order valence-corrected chi connectivity index (χ1v) is 5.59. The minimum Gasteiger partial charge on any atom is -0.393 e. The summed E-state index contributed by atoms with van der Waals surface area (Å²) in [4.78, 5) is 0. The summed E-state index contributed by atoms with van der Waals surface area (Å²) in [6, 6.07) is 0. The number of hydrogen-bond donors (Lipinski definition) is 1. The molecule has 1 N–H and O–H groups in total. The van der Waals surface area contributed by atoms with Gasteiger partial charge in [-0.3, -0.25) is 0 Å². The van der Waals surface area contributed by atoms with Crippen molar-refractivity contribution in [3.8, 4) is 0 Å². The Kier molecular flexibility index (Phi) is 3.39. The van der Waals surface area contributed by atoms with E-state index in [1.54, 1.807) is 0 Å². The molecule has 78 valence electrons. The average molecular weight is 184 g/mol. The summed E-state index contributed by atoms with van der Waals surface area (Å²) in [6.07, 6.45) is 4.63. The van der Waals surface area contributed by atoms with Crippen molar-refractivity contribution in [1.82, 2.24) is 0 Å². The molecule has 0 aromatic carbocycles. The van der Waals surface area contributed by atoms with Gasteiger partial charge in [-0.05, 0) is 42.9 Å². The summed E-state index contributed by atoms with van der Waals surface area (Å²) in [5.74, 6) is 1.29. The highest BCUT2D eigenvalue weighted by atomic mass is 16.3. The van der Waals surface area contributed by atoms with Crippen molar-refractivity contribution < 1.29 is 5.11 Å². The molecule has 0 aromatic rings. The lowest BCUT2D eigenvalue weighted by Gasteiger charge is -2.38. The van der Waals surface area contributed by atoms with Crippen LogP contribution < -0.4 is 0 Å². The maximum Gasteiger partial charge on any atom is 0.0573 e. The van der Waals surface area contributed by atoms with Gasteiger partial charge in [-0.15, -0.1) is 0 Å². The second-order valence-corrected chi connectivity index (χ2v) is 5.86. The van der Waals surface area contributed by atoms with E-state index >= 15 is 0 Å². The van der Waals surface area contributed by atoms with Crippen molar-refractivity contribution in [1.29, 1.82) is 0 Å². The van der Waals surface area contributed by atoms with E-state index in [2.05, 4.69) is 27.7 Å². The van der Waals surface area contributed by atoms with Gasteiger partial charge in [0.25, 0.3) is 0 Å². The van der Waals surface area contributed by atoms with Crippen molar-refractivity contribution >= 4 is 0 Å². The van der Waals surface area contributed by atoms with Gasteiger partial charge in [0.2, 0.25) is 0 Å². The van der Waals surface area contributed by atoms with Gasteiger partial charge < -0.3 is 5.11 Å². The third-order valence-electron chi connectivity index (χ3n) is 3.27. The van der Waals surface area contributed by atoms with Crippen molar-refractivity contribution in [2.75, 3.05) is 0 Å². The van der Waals surface area contributed by atoms with E-state index in [9.17, 15) is 5.11 Å². The third-order valence-corrected chi connectivity index (χ3v) is 3.27. The fraction of sp³-hybridized carbons (Fsp3) is 1.00. The highest BCUT2D eigenvalue weighted by molar-refractivity contribution is 4.84. The van der Waals surface area contributed by atoms with Gasteiger partial charge in [-0.2, -0.15) is 0 Å². The van der Waals surface area contributed by atoms with Gasteiger partial charge in [0, 0.05) is 0 Å². The lowest BCUT2D eigenvalue weighted by molar-refractivity contribution is 0.00744. The normalized spacial score (nSPS) is 33.7. The molecule has 0 radical (unpaired) electrons. The Balaban J connectivity index is 2.44. The average Bonchev–Trinajstić information content (AvgIpc) is 1.93. The first-order chi connectivity index (χ1) is 5.91. The Labute approximate surface area is 82.5 Å². The Morgan fingerprint density at radius 1 is 1.38 bits per heavy atom. The molecule has 2 unspecified atom stereocenters. The molecule has 0 amide bonds. The van der Waals surface area contributed by atoms with Gasteiger partial charge in [-0.25, -0.2) is 0 Å². The van der Waals surface area contributed by atoms with Crippen LogP contribution in [-0.2, 0) is 0 Å². The molecule has 2 atom stereocenters. The minimum atomic E-state index is -0.0499. The highest BCUT2D eigenvalue weighted by Gasteiger charge is 2.33. The predicted molar refractivity (Wildman–Crippen MR) is 56.6 cm³/mol. The molecule has 1 aliphatic carbocycles. The van der Waals surface area contributed by atoms with Crippen molar-refractivity contribution in [2.45, 2.75) is 59.5 Å². The van der Waals surface area contributed by atoms with Crippen LogP contribution in [0.1, 0.15) is 53.4 Å². The molecule has 0 heterocycles. The molecule has 0 aromatic heterocycles. The quantitative estimate of drug-likeness (QED) is 0.698. The number of aliphatic hydroxyl groups is 1. The van der Waals surface area contributed by atoms with Crippen LogP contribution in [-0.4, -0.2) is 11.2 Å². The summed E-state index contributed by atoms with van der Waals surface area (Å²) >= 11 is 0. The van der Waals surface area contributed by atoms with Crippen LogP contribution >= 0.6 is 0 Å². The van der Waals surface area contributed by atoms with Gasteiger partial charge in [0.15, 0.2) is 0 Å². The smallest absolute Gasteiger partial charge is 0.0573 e. The zero-order valence-electron chi connectivity index (χ0n) is 9.51. The van der Waals surface area contributed by atoms with Crippen LogP contribution in [0.5, 0.6) is 0 Å². The molecule has 1 fully saturated rings. The van der Waals surface area contributed by atoms with Gasteiger partial charge >= 0.3 is 0 Å². The van der Waals surface area contributed by atoms with E-state index in [4.69, 9.17) is 0 Å². The maximum atomic E-state index is 9.95. The van der Waals surface area contributed by atoms with Gasteiger partial charge in [0.05, 0.1) is 6.10 Å². The zero-order valence-corrected chi connectivity index (χ0v) is 9.51. The Hall–Kier alpha value is -0.0400. The minimum absolute atomic E-state index is 0.0499. The van der Waals surface area contributed by atoms with Crippen LogP contribution in [0.25, 0.3) is 0 Å². The largest absolute Gasteiger partial charge is 0.393 e. The summed E-state index contributed by atoms with van der Waals surface area (Å²) in [5, 5.41) is 9.95. The van der Waals surface area contributed by atoms with Gasteiger partial charge in [0.1, 0.15) is 0 Å². The Bertz CT molecular complexity index is 161. The maximum absolute atomic E-state index is 9.95. The van der Waals surface area contributed by atoms with Crippen LogP contribution in [0.4, 0.5) is 0 Å². The summed E-state index contributed by atoms with van der Waals surface area (Å²) in [7, 11) is 0. The Morgan fingerprint density at radius 3 is 2.46 bits per heavy atom. The molecule has 1 saturated carbocycles. The Morgan fingerprint density at radius 2 is 2.00 bits per heavy atom. The molecule has 1 aliphatic rings. The second-order valence-electron chi connectivity index (χ2n) is 5.86. The topological polar surface area (TPSA) is 20.2 Å². The molecule has 1 heteroatoms. The van der Waals surface area contributed by atoms with Crippen molar-refractivity contribution in [2.24, 2.45) is 17.3 Å². The zero-order chi connectivity index (χ0) is 10.1. The van der Waals surface area contributed by atoms with Crippen LogP contribution in [0.15, 0.2) is 0 Å². The third kappa shape index (κ3) is 3.30. The fourth-order valence-electron chi connectivity index (χ4n) is 2.48. The molecule has 0 spiro atoms. The predicted octanol–water partition coefficient (Wildman–Crippen LogP) is 3.22. The first kappa shape index (κ1) is 11.0. The molecular formula is C12H24O. The highest BCUT2D eigenvalue weighted by Crippen LogP contribution is 2.40. The van der Waals surface area contributed by atoms with Crippen LogP contribution in [0.2, 0.25) is 0 Å². The first-order valence-electron chi connectivity index (χ1n) is 5.59. The van der Waals surface area contributed by atoms with Crippen molar-refractivity contribution in [3.05, 3.63) is 0 Å². The molecule has 0 aliphatic heterocycles. The lowest BCUT2D eigenvalue weighted by atomic mass is 9.69. The molecule has 1 rings (SSSR count). The number of rotatable bonds is 2. The van der Waals surface area contributed by atoms with E-state index in [0.29, 0.717) is 11.3 Å². The van der Waals surface area contributed by atoms with E-state index in [1.165, 1.54) is 19.3 Å². The molecule has 0 saturated heterocycles. The molecule has 0 bridgehead atoms. The summed E-state index contributed by atoms with van der Waals surface area (Å²) in [6.45, 7) is 9.02. The summed E-state index contributed by atoms with van der Waals surface area (Å²) < 4.78 is 0. The fourth-order valence-corrected chi connectivity index (χ4v) is 2.48. The molecule has 13 heavy (non-hydrogen) atoms. The monoisotopic (exact) mass is 184 g/mol. The van der Waals surface area contributed by atoms with Gasteiger partial charge in [-0.1, -0.05) is 27.7 Å². The SMILES string of the molecule is CC(C)CC1CCC(C)(C)CC1O. The molecular weight excluding hydrogens is 160 g/mol. The van der Waals surface area contributed by atoms with E-state index in [-0.39, 0.29) is 6.10 Å². The van der Waals surface area contributed by atoms with Crippen molar-refractivity contribution in [3.63, 3.8) is 0 Å². The van der Waals surface area contributed by atoms with Crippen LogP contribution in [0, 0.1) is 17.3 Å². The number of hydrogen-bond acceptors (Lipinski definition) is 1. The number of aliphatic hydroxyl groups excluding tert-OH is 1. The standard InChI is InChI=1S/C12H24O/c1-9(2)7-10-5-6-12(3,4)8-11(10)13/h9-11,13H,5-8H2,1-4H3. The van der Waals surface area contributed by atoms with Crippen LogP contribution in [0.3, 0.4) is 0 Å². The van der Waals surface area contributed by atoms with E-state index < -0.39 is 0 Å².